The van der Waals surface area contributed by atoms with Crippen LogP contribution in [0.4, 0.5) is 5.69 Å². The summed E-state index contributed by atoms with van der Waals surface area (Å²) in [6, 6.07) is 35.8. The lowest BCUT2D eigenvalue weighted by Gasteiger charge is -2.47. The Morgan fingerprint density at radius 2 is 1.53 bits per heavy atom. The van der Waals surface area contributed by atoms with E-state index in [1.807, 2.05) is 24.3 Å². The molecule has 2 N–H and O–H groups in total. The van der Waals surface area contributed by atoms with Crippen molar-refractivity contribution in [2.75, 3.05) is 5.32 Å². The van der Waals surface area contributed by atoms with Crippen molar-refractivity contribution < 1.29 is 9.90 Å². The van der Waals surface area contributed by atoms with Gasteiger partial charge in [-0.25, -0.2) is 4.79 Å². The Bertz CT molecular complexity index is 1460. The van der Waals surface area contributed by atoms with Gasteiger partial charge in [-0.2, -0.15) is 0 Å². The fraction of sp³-hybridized carbons (Fsp3) is 0.265. The normalized spacial score (nSPS) is 24.2. The maximum Gasteiger partial charge on any atom is 0.329 e. The first kappa shape index (κ1) is 24.8. The monoisotopic (exact) mass is 521 g/mol. The van der Waals surface area contributed by atoms with Crippen molar-refractivity contribution in [1.82, 2.24) is 0 Å². The van der Waals surface area contributed by atoms with Crippen LogP contribution in [0.25, 0.3) is 0 Å². The lowest BCUT2D eigenvalue weighted by Crippen LogP contribution is -2.52. The SMILES string of the molecule is O=C(O)C1(Nc2cccc(Cl)c2)CCC2(CC1)c1ccccc1C[C@@H]2c1cccc(Cc2ccccc2)c1. The number of fused-ring (bicyclic) bond motifs is 2. The van der Waals surface area contributed by atoms with Gasteiger partial charge in [-0.05, 0) is 90.5 Å². The summed E-state index contributed by atoms with van der Waals surface area (Å²) in [6.45, 7) is 0. The molecule has 6 rings (SSSR count). The van der Waals surface area contributed by atoms with Gasteiger partial charge in [0.05, 0.1) is 0 Å². The maximum atomic E-state index is 12.7. The van der Waals surface area contributed by atoms with Crippen molar-refractivity contribution in [3.8, 4) is 0 Å². The number of carboxylic acid groups (broad SMARTS) is 1. The van der Waals surface area contributed by atoms with Gasteiger partial charge in [0.25, 0.3) is 0 Å². The molecule has 4 aromatic rings. The summed E-state index contributed by atoms with van der Waals surface area (Å²) in [7, 11) is 0. The third kappa shape index (κ3) is 4.50. The lowest BCUT2D eigenvalue weighted by molar-refractivity contribution is -0.144. The Morgan fingerprint density at radius 3 is 2.29 bits per heavy atom. The fourth-order valence-corrected chi connectivity index (χ4v) is 7.14. The highest BCUT2D eigenvalue weighted by Crippen LogP contribution is 2.58. The summed E-state index contributed by atoms with van der Waals surface area (Å²) in [5.41, 5.74) is 6.47. The molecule has 0 aromatic heterocycles. The molecule has 0 radical (unpaired) electrons. The van der Waals surface area contributed by atoms with Crippen LogP contribution < -0.4 is 5.32 Å². The molecule has 4 aromatic carbocycles. The van der Waals surface area contributed by atoms with Crippen LogP contribution in [0.15, 0.2) is 103 Å². The van der Waals surface area contributed by atoms with E-state index in [0.29, 0.717) is 23.8 Å². The molecule has 1 fully saturated rings. The minimum absolute atomic E-state index is 0.0725. The molecule has 2 aliphatic rings. The molecule has 2 aliphatic carbocycles. The quantitative estimate of drug-likeness (QED) is 0.270. The Hall–Kier alpha value is -3.56. The topological polar surface area (TPSA) is 49.3 Å². The zero-order valence-corrected chi connectivity index (χ0v) is 22.1. The average Bonchev–Trinajstić information content (AvgIpc) is 3.25. The smallest absolute Gasteiger partial charge is 0.329 e. The molecule has 0 heterocycles. The Morgan fingerprint density at radius 1 is 0.816 bits per heavy atom. The van der Waals surface area contributed by atoms with Crippen LogP contribution >= 0.6 is 11.6 Å². The van der Waals surface area contributed by atoms with Crippen LogP contribution in [0.5, 0.6) is 0 Å². The summed E-state index contributed by atoms with van der Waals surface area (Å²) in [5.74, 6) is -0.464. The summed E-state index contributed by atoms with van der Waals surface area (Å²) in [6.07, 6.45) is 4.65. The molecule has 1 spiro atoms. The van der Waals surface area contributed by atoms with Crippen LogP contribution in [0.3, 0.4) is 0 Å². The van der Waals surface area contributed by atoms with E-state index in [1.54, 1.807) is 0 Å². The second-order valence-corrected chi connectivity index (χ2v) is 11.4. The van der Waals surface area contributed by atoms with Crippen LogP contribution in [0.2, 0.25) is 5.02 Å². The molecule has 0 saturated heterocycles. The largest absolute Gasteiger partial charge is 0.480 e. The molecule has 4 heteroatoms. The minimum atomic E-state index is -1.01. The van der Waals surface area contributed by atoms with Crippen LogP contribution in [-0.4, -0.2) is 16.6 Å². The van der Waals surface area contributed by atoms with Gasteiger partial charge in [-0.15, -0.1) is 0 Å². The molecule has 1 atom stereocenters. The van der Waals surface area contributed by atoms with E-state index >= 15 is 0 Å². The first-order valence-electron chi connectivity index (χ1n) is 13.5. The third-order valence-electron chi connectivity index (χ3n) is 8.86. The highest BCUT2D eigenvalue weighted by molar-refractivity contribution is 6.30. The number of hydrogen-bond acceptors (Lipinski definition) is 2. The Kier molecular flexibility index (Phi) is 6.49. The van der Waals surface area contributed by atoms with Gasteiger partial charge in [-0.3, -0.25) is 0 Å². The van der Waals surface area contributed by atoms with Crippen molar-refractivity contribution >= 4 is 23.3 Å². The van der Waals surface area contributed by atoms with Crippen LogP contribution in [-0.2, 0) is 23.1 Å². The summed E-state index contributed by atoms with van der Waals surface area (Å²) >= 11 is 6.21. The van der Waals surface area contributed by atoms with E-state index in [-0.39, 0.29) is 5.41 Å². The van der Waals surface area contributed by atoms with Crippen LogP contribution in [0.1, 0.15) is 59.4 Å². The molecule has 0 bridgehead atoms. The number of carboxylic acids is 1. The van der Waals surface area contributed by atoms with Gasteiger partial charge in [0.15, 0.2) is 0 Å². The maximum absolute atomic E-state index is 12.7. The number of benzene rings is 4. The second-order valence-electron chi connectivity index (χ2n) is 11.0. The van der Waals surface area contributed by atoms with Gasteiger partial charge in [0.1, 0.15) is 5.54 Å². The predicted molar refractivity (Wildman–Crippen MR) is 154 cm³/mol. The second kappa shape index (κ2) is 9.96. The fourth-order valence-electron chi connectivity index (χ4n) is 6.95. The highest BCUT2D eigenvalue weighted by atomic mass is 35.5. The van der Waals surface area contributed by atoms with E-state index in [9.17, 15) is 9.90 Å². The van der Waals surface area contributed by atoms with E-state index in [4.69, 9.17) is 11.6 Å². The minimum Gasteiger partial charge on any atom is -0.480 e. The van der Waals surface area contributed by atoms with E-state index in [1.165, 1.54) is 27.8 Å². The number of rotatable bonds is 6. The first-order chi connectivity index (χ1) is 18.5. The summed E-state index contributed by atoms with van der Waals surface area (Å²) in [5, 5.41) is 14.4. The number of carbonyl (C=O) groups is 1. The molecular weight excluding hydrogens is 490 g/mol. The standard InChI is InChI=1S/C34H32ClNO2/c35-28-13-7-14-29(23-28)36-34(32(37)38)18-16-33(17-19-34)30-15-5-4-11-27(30)22-31(33)26-12-6-10-25(21-26)20-24-8-2-1-3-9-24/h1-15,21,23,31,36H,16-20,22H2,(H,37,38)/t31-,33?,34?/m1/s1. The summed E-state index contributed by atoms with van der Waals surface area (Å²) in [4.78, 5) is 12.7. The molecule has 38 heavy (non-hydrogen) atoms. The number of anilines is 1. The number of nitrogens with one attached hydrogen (secondary N) is 1. The van der Waals surface area contributed by atoms with Crippen molar-refractivity contribution in [2.45, 2.75) is 55.4 Å². The zero-order valence-electron chi connectivity index (χ0n) is 21.4. The van der Waals surface area contributed by atoms with E-state index < -0.39 is 11.5 Å². The molecule has 0 unspecified atom stereocenters. The predicted octanol–water partition coefficient (Wildman–Crippen LogP) is 8.02. The number of aliphatic carboxylic acids is 1. The van der Waals surface area contributed by atoms with Gasteiger partial charge in [-0.1, -0.05) is 96.5 Å². The molecule has 1 saturated carbocycles. The molecule has 192 valence electrons. The van der Waals surface area contributed by atoms with Gasteiger partial charge in [0.2, 0.25) is 0 Å². The van der Waals surface area contributed by atoms with Crippen molar-refractivity contribution in [2.24, 2.45) is 0 Å². The van der Waals surface area contributed by atoms with Gasteiger partial charge in [0, 0.05) is 16.1 Å². The molecule has 0 amide bonds. The lowest BCUT2D eigenvalue weighted by atomic mass is 9.59. The number of halogens is 1. The van der Waals surface area contributed by atoms with E-state index in [0.717, 1.165) is 31.4 Å². The van der Waals surface area contributed by atoms with E-state index in [2.05, 4.69) is 84.2 Å². The van der Waals surface area contributed by atoms with Gasteiger partial charge < -0.3 is 10.4 Å². The Labute approximate surface area is 229 Å². The van der Waals surface area contributed by atoms with Crippen LogP contribution in [0, 0.1) is 0 Å². The third-order valence-corrected chi connectivity index (χ3v) is 9.10. The average molecular weight is 522 g/mol. The molecular formula is C34H32ClNO2. The Balaban J connectivity index is 1.33. The highest BCUT2D eigenvalue weighted by Gasteiger charge is 2.54. The zero-order chi connectivity index (χ0) is 26.2. The van der Waals surface area contributed by atoms with Crippen molar-refractivity contribution in [1.29, 1.82) is 0 Å². The first-order valence-corrected chi connectivity index (χ1v) is 13.8. The van der Waals surface area contributed by atoms with Crippen molar-refractivity contribution in [3.63, 3.8) is 0 Å². The van der Waals surface area contributed by atoms with Crippen molar-refractivity contribution in [3.05, 3.63) is 136 Å². The summed E-state index contributed by atoms with van der Waals surface area (Å²) < 4.78 is 0. The van der Waals surface area contributed by atoms with Gasteiger partial charge >= 0.3 is 5.97 Å². The number of hydrogen-bond donors (Lipinski definition) is 2. The molecule has 0 aliphatic heterocycles. The molecule has 3 nitrogen and oxygen atoms in total.